The molecular weight excluding hydrogens is 458 g/mol. The molecule has 11 nitrogen and oxygen atoms in total. The summed E-state index contributed by atoms with van der Waals surface area (Å²) in [5.41, 5.74) is 2.17. The van der Waals surface area contributed by atoms with Gasteiger partial charge >= 0.3 is 0 Å². The number of pyridine rings is 2. The number of aromatic nitrogens is 5. The Bertz CT molecular complexity index is 1270. The van der Waals surface area contributed by atoms with Crippen LogP contribution < -0.4 is 20.4 Å². The molecule has 0 unspecified atom stereocenters. The highest BCUT2D eigenvalue weighted by atomic mass is 32.1. The van der Waals surface area contributed by atoms with Crippen molar-refractivity contribution in [3.63, 3.8) is 0 Å². The van der Waals surface area contributed by atoms with Gasteiger partial charge in [-0.15, -0.1) is 11.3 Å². The summed E-state index contributed by atoms with van der Waals surface area (Å²) in [7, 11) is 1.54. The summed E-state index contributed by atoms with van der Waals surface area (Å²) in [6.45, 7) is -0.210. The summed E-state index contributed by atoms with van der Waals surface area (Å²) in [5.74, 6) is 0.805. The molecule has 1 saturated carbocycles. The first-order valence-electron chi connectivity index (χ1n) is 10.7. The second-order valence-corrected chi connectivity index (χ2v) is 9.02. The van der Waals surface area contributed by atoms with E-state index in [4.69, 9.17) is 4.74 Å². The molecule has 6 N–H and O–H groups in total. The molecule has 12 heteroatoms. The Kier molecular flexibility index (Phi) is 6.20. The average Bonchev–Trinajstić information content (AvgIpc) is 3.40. The third-order valence-corrected chi connectivity index (χ3v) is 6.88. The maximum atomic E-state index is 10.5. The highest BCUT2D eigenvalue weighted by molar-refractivity contribution is 7.21. The zero-order chi connectivity index (χ0) is 23.7. The molecule has 0 bridgehead atoms. The number of aliphatic hydroxyl groups excluding tert-OH is 3. The topological polar surface area (TPSA) is 160 Å². The largest absolute Gasteiger partial charge is 0.481 e. The van der Waals surface area contributed by atoms with Gasteiger partial charge in [-0.25, -0.2) is 19.9 Å². The molecule has 0 spiro atoms. The monoisotopic (exact) mass is 482 g/mol. The molecule has 4 aromatic rings. The van der Waals surface area contributed by atoms with Crippen LogP contribution in [0.2, 0.25) is 0 Å². The molecule has 4 atom stereocenters. The van der Waals surface area contributed by atoms with Gasteiger partial charge in [0.1, 0.15) is 22.4 Å². The lowest BCUT2D eigenvalue weighted by Gasteiger charge is -2.20. The maximum absolute atomic E-state index is 10.5. The Hall–Kier alpha value is -3.45. The fourth-order valence-electron chi connectivity index (χ4n) is 3.99. The number of H-pyrrole nitrogens is 1. The van der Waals surface area contributed by atoms with E-state index < -0.39 is 24.2 Å². The first-order valence-corrected chi connectivity index (χ1v) is 11.5. The van der Waals surface area contributed by atoms with Crippen LogP contribution >= 0.6 is 11.3 Å². The van der Waals surface area contributed by atoms with Crippen LogP contribution in [0, 0.1) is 5.92 Å². The van der Waals surface area contributed by atoms with Crippen molar-refractivity contribution < 1.29 is 25.0 Å². The molecule has 34 heavy (non-hydrogen) atoms. The van der Waals surface area contributed by atoms with Crippen LogP contribution in [0.1, 0.15) is 6.42 Å². The Morgan fingerprint density at radius 3 is 2.85 bits per heavy atom. The molecule has 0 aliphatic heterocycles. The van der Waals surface area contributed by atoms with Crippen molar-refractivity contribution in [1.29, 1.82) is 0 Å². The van der Waals surface area contributed by atoms with Gasteiger partial charge in [0, 0.05) is 42.7 Å². The summed E-state index contributed by atoms with van der Waals surface area (Å²) < 4.78 is 6.17. The van der Waals surface area contributed by atoms with Gasteiger partial charge in [-0.3, -0.25) is 0 Å². The minimum atomic E-state index is -1.05. The summed E-state index contributed by atoms with van der Waals surface area (Å²) in [5, 5.41) is 37.4. The van der Waals surface area contributed by atoms with E-state index in [1.54, 1.807) is 24.5 Å². The fourth-order valence-corrected chi connectivity index (χ4v) is 4.95. The van der Waals surface area contributed by atoms with Crippen molar-refractivity contribution in [2.75, 3.05) is 24.4 Å². The van der Waals surface area contributed by atoms with Gasteiger partial charge in [0.2, 0.25) is 11.8 Å². The number of aliphatic hydroxyl groups is 3. The summed E-state index contributed by atoms with van der Waals surface area (Å²) >= 11 is 1.50. The van der Waals surface area contributed by atoms with Gasteiger partial charge in [0.15, 0.2) is 12.4 Å². The Labute approximate surface area is 198 Å². The van der Waals surface area contributed by atoms with Crippen LogP contribution in [0.3, 0.4) is 0 Å². The molecule has 1 aliphatic carbocycles. The Morgan fingerprint density at radius 1 is 1.21 bits per heavy atom. The number of nitrogens with zero attached hydrogens (tertiary/aromatic N) is 4. The van der Waals surface area contributed by atoms with Crippen LogP contribution in [0.15, 0.2) is 43.0 Å². The van der Waals surface area contributed by atoms with Crippen molar-refractivity contribution in [3.8, 4) is 16.5 Å². The van der Waals surface area contributed by atoms with E-state index in [0.717, 1.165) is 10.2 Å². The third kappa shape index (κ3) is 4.35. The second-order valence-electron chi connectivity index (χ2n) is 7.99. The lowest BCUT2D eigenvalue weighted by Crippen LogP contribution is -2.35. The van der Waals surface area contributed by atoms with Gasteiger partial charge in [-0.2, -0.15) is 4.98 Å². The standard InChI is InChI=1S/C22H23N7O4S/c1-33-17-7-12(2-5-24-17)26-22-25-8-13(21-28-15-9-23-4-3-16(15)34-21)20(29-22)27-14-6-11(10-30)18(31)19(14)32/h2-5,7-9,11,14,18-19,30-32H,6,10H2,1H3,(H2,24,25,26,27,29)/p+1/t11-,14-,18-,19+/m1/s1. The number of anilines is 3. The van der Waals surface area contributed by atoms with Gasteiger partial charge in [-0.05, 0) is 12.5 Å². The van der Waals surface area contributed by atoms with Crippen molar-refractivity contribution in [3.05, 3.63) is 43.0 Å². The number of hydrogen-bond acceptors (Lipinski definition) is 11. The van der Waals surface area contributed by atoms with Crippen molar-refractivity contribution in [2.24, 2.45) is 5.92 Å². The van der Waals surface area contributed by atoms with Crippen LogP contribution in [-0.2, 0) is 0 Å². The van der Waals surface area contributed by atoms with E-state index in [9.17, 15) is 15.3 Å². The number of thiazole rings is 1. The molecule has 1 fully saturated rings. The van der Waals surface area contributed by atoms with Gasteiger partial charge in [-0.1, -0.05) is 0 Å². The number of hydrogen-bond donors (Lipinski definition) is 5. The number of nitrogens with one attached hydrogen (secondary N) is 3. The van der Waals surface area contributed by atoms with Crippen LogP contribution in [0.4, 0.5) is 17.5 Å². The third-order valence-electron chi connectivity index (χ3n) is 5.81. The van der Waals surface area contributed by atoms with E-state index in [2.05, 4.69) is 35.6 Å². The molecular formula is C22H24N7O4S+. The highest BCUT2D eigenvalue weighted by Crippen LogP contribution is 2.36. The van der Waals surface area contributed by atoms with Crippen molar-refractivity contribution in [2.45, 2.75) is 24.7 Å². The Balaban J connectivity index is 1.51. The lowest BCUT2D eigenvalue weighted by molar-refractivity contribution is -0.376. The number of aromatic amines is 1. The van der Waals surface area contributed by atoms with Crippen LogP contribution in [0.25, 0.3) is 20.8 Å². The van der Waals surface area contributed by atoms with E-state index in [-0.39, 0.29) is 6.61 Å². The summed E-state index contributed by atoms with van der Waals surface area (Å²) in [6, 6.07) is 4.93. The molecule has 0 saturated heterocycles. The summed E-state index contributed by atoms with van der Waals surface area (Å²) in [4.78, 5) is 20.9. The van der Waals surface area contributed by atoms with E-state index in [0.29, 0.717) is 40.3 Å². The SMILES string of the molecule is COc1cc(Nc2ncc(-c3nc4c[nH+]ccc4s3)c(N[C@@H]3C[C@H](CO)[C@@H](O)[C@H]3O)n2)ccn1. The van der Waals surface area contributed by atoms with Gasteiger partial charge < -0.3 is 30.7 Å². The number of fused-ring (bicyclic) bond motifs is 1. The number of rotatable bonds is 7. The second kappa shape index (κ2) is 9.43. The smallest absolute Gasteiger partial charge is 0.229 e. The maximum Gasteiger partial charge on any atom is 0.229 e. The molecule has 5 rings (SSSR count). The minimum Gasteiger partial charge on any atom is -0.481 e. The molecule has 4 heterocycles. The van der Waals surface area contributed by atoms with Crippen LogP contribution in [0.5, 0.6) is 5.88 Å². The van der Waals surface area contributed by atoms with Crippen LogP contribution in [-0.4, -0.2) is 67.2 Å². The van der Waals surface area contributed by atoms with E-state index >= 15 is 0 Å². The molecule has 176 valence electrons. The molecule has 0 aromatic carbocycles. The highest BCUT2D eigenvalue weighted by Gasteiger charge is 2.41. The average molecular weight is 483 g/mol. The lowest BCUT2D eigenvalue weighted by atomic mass is 10.1. The van der Waals surface area contributed by atoms with E-state index in [1.165, 1.54) is 18.4 Å². The molecule has 4 aromatic heterocycles. The van der Waals surface area contributed by atoms with Crippen molar-refractivity contribution >= 4 is 39.0 Å². The molecule has 0 amide bonds. The zero-order valence-electron chi connectivity index (χ0n) is 18.2. The Morgan fingerprint density at radius 2 is 2.09 bits per heavy atom. The number of ether oxygens (including phenoxy) is 1. The predicted octanol–water partition coefficient (Wildman–Crippen LogP) is 1.23. The minimum absolute atomic E-state index is 0.210. The first-order chi connectivity index (χ1) is 16.6. The number of methoxy groups -OCH3 is 1. The first kappa shape index (κ1) is 22.3. The fraction of sp³-hybridized carbons (Fsp3) is 0.318. The van der Waals surface area contributed by atoms with E-state index in [1.807, 2.05) is 18.5 Å². The zero-order valence-corrected chi connectivity index (χ0v) is 19.0. The molecule has 1 aliphatic rings. The predicted molar refractivity (Wildman–Crippen MR) is 126 cm³/mol. The summed E-state index contributed by atoms with van der Waals surface area (Å²) in [6.07, 6.45) is 5.25. The molecule has 0 radical (unpaired) electrons. The quantitative estimate of drug-likeness (QED) is 0.259. The normalized spacial score (nSPS) is 22.1. The van der Waals surface area contributed by atoms with Gasteiger partial charge in [0.05, 0.1) is 29.5 Å². The van der Waals surface area contributed by atoms with Crippen molar-refractivity contribution in [1.82, 2.24) is 19.9 Å². The van der Waals surface area contributed by atoms with Gasteiger partial charge in [0.25, 0.3) is 0 Å².